The number of alkyl halides is 3. The number of aromatic nitrogens is 2. The van der Waals surface area contributed by atoms with Gasteiger partial charge in [0.2, 0.25) is 0 Å². The maximum absolute atomic E-state index is 12.8. The smallest absolute Gasteiger partial charge is 0.382 e. The normalized spacial score (nSPS) is 12.6. The molecule has 3 rings (SSSR count). The number of benzene rings is 1. The SMILES string of the molecule is O=C(NCC(O)C(F)(F)F)c1cc(-c2ccc(Cl)cc2)nn(-c2csc(Cl)c2)c1=O. The quantitative estimate of drug-likeness (QED) is 0.583. The fraction of sp³-hybridized carbons (Fsp3) is 0.167. The van der Waals surface area contributed by atoms with Crippen LogP contribution in [0.15, 0.2) is 46.6 Å². The Morgan fingerprint density at radius 1 is 1.23 bits per heavy atom. The highest BCUT2D eigenvalue weighted by atomic mass is 35.5. The van der Waals surface area contributed by atoms with Crippen molar-refractivity contribution in [2.45, 2.75) is 12.3 Å². The number of halogens is 5. The lowest BCUT2D eigenvalue weighted by Gasteiger charge is -2.15. The van der Waals surface area contributed by atoms with Crippen LogP contribution in [0.4, 0.5) is 13.2 Å². The summed E-state index contributed by atoms with van der Waals surface area (Å²) in [6.45, 7) is -1.11. The van der Waals surface area contributed by atoms with Crippen molar-refractivity contribution in [1.82, 2.24) is 15.1 Å². The van der Waals surface area contributed by atoms with Crippen molar-refractivity contribution in [2.24, 2.45) is 0 Å². The number of hydrogen-bond acceptors (Lipinski definition) is 5. The summed E-state index contributed by atoms with van der Waals surface area (Å²) < 4.78 is 38.8. The third kappa shape index (κ3) is 5.01. The van der Waals surface area contributed by atoms with Crippen molar-refractivity contribution in [2.75, 3.05) is 6.54 Å². The third-order valence-electron chi connectivity index (χ3n) is 3.93. The topological polar surface area (TPSA) is 84.2 Å². The highest BCUT2D eigenvalue weighted by Crippen LogP contribution is 2.24. The number of aliphatic hydroxyl groups excluding tert-OH is 1. The first-order chi connectivity index (χ1) is 14.1. The highest BCUT2D eigenvalue weighted by Gasteiger charge is 2.38. The maximum Gasteiger partial charge on any atom is 0.416 e. The molecule has 0 bridgehead atoms. The molecule has 0 saturated heterocycles. The van der Waals surface area contributed by atoms with Gasteiger partial charge in [-0.1, -0.05) is 35.3 Å². The molecule has 1 amide bonds. The first-order valence-corrected chi connectivity index (χ1v) is 9.87. The lowest BCUT2D eigenvalue weighted by Crippen LogP contribution is -2.42. The van der Waals surface area contributed by atoms with Crippen LogP contribution in [0.2, 0.25) is 9.36 Å². The van der Waals surface area contributed by atoms with E-state index in [0.717, 1.165) is 22.1 Å². The number of thiophene rings is 1. The molecule has 0 aliphatic heterocycles. The van der Waals surface area contributed by atoms with Crippen LogP contribution in [0.1, 0.15) is 10.4 Å². The van der Waals surface area contributed by atoms with Gasteiger partial charge in [-0.15, -0.1) is 11.3 Å². The van der Waals surface area contributed by atoms with E-state index in [1.807, 2.05) is 5.32 Å². The summed E-state index contributed by atoms with van der Waals surface area (Å²) in [6.07, 6.45) is -7.68. The van der Waals surface area contributed by atoms with Crippen molar-refractivity contribution < 1.29 is 23.1 Å². The number of amides is 1. The van der Waals surface area contributed by atoms with E-state index in [-0.39, 0.29) is 11.4 Å². The highest BCUT2D eigenvalue weighted by molar-refractivity contribution is 7.14. The fourth-order valence-corrected chi connectivity index (χ4v) is 3.37. The molecule has 12 heteroatoms. The summed E-state index contributed by atoms with van der Waals surface area (Å²) in [5.41, 5.74) is -0.308. The summed E-state index contributed by atoms with van der Waals surface area (Å²) in [4.78, 5) is 25.2. The molecule has 0 aliphatic rings. The molecule has 30 heavy (non-hydrogen) atoms. The molecule has 0 radical (unpaired) electrons. The third-order valence-corrected chi connectivity index (χ3v) is 5.26. The summed E-state index contributed by atoms with van der Waals surface area (Å²) in [5.74, 6) is -1.09. The molecule has 0 aliphatic carbocycles. The minimum absolute atomic E-state index is 0.204. The molecule has 1 aromatic carbocycles. The number of hydrogen-bond donors (Lipinski definition) is 2. The van der Waals surface area contributed by atoms with E-state index in [9.17, 15) is 22.8 Å². The van der Waals surface area contributed by atoms with Crippen LogP contribution in [-0.4, -0.2) is 39.6 Å². The van der Waals surface area contributed by atoms with Crippen LogP contribution in [0.5, 0.6) is 0 Å². The van der Waals surface area contributed by atoms with Gasteiger partial charge in [-0.2, -0.15) is 23.0 Å². The zero-order valence-electron chi connectivity index (χ0n) is 14.8. The molecule has 2 N–H and O–H groups in total. The Hall–Kier alpha value is -2.40. The number of carbonyl (C=O) groups excluding carboxylic acids is 1. The van der Waals surface area contributed by atoms with Gasteiger partial charge in [0.1, 0.15) is 5.56 Å². The fourth-order valence-electron chi connectivity index (χ4n) is 2.41. The van der Waals surface area contributed by atoms with Crippen LogP contribution in [0.25, 0.3) is 16.9 Å². The van der Waals surface area contributed by atoms with Gasteiger partial charge in [-0.3, -0.25) is 9.59 Å². The van der Waals surface area contributed by atoms with Crippen molar-refractivity contribution in [1.29, 1.82) is 0 Å². The predicted molar refractivity (Wildman–Crippen MR) is 108 cm³/mol. The van der Waals surface area contributed by atoms with Gasteiger partial charge in [0.25, 0.3) is 11.5 Å². The molecular formula is C18H12Cl2F3N3O3S. The largest absolute Gasteiger partial charge is 0.416 e. The van der Waals surface area contributed by atoms with Crippen LogP contribution < -0.4 is 10.9 Å². The van der Waals surface area contributed by atoms with E-state index in [0.29, 0.717) is 14.9 Å². The predicted octanol–water partition coefficient (Wildman–Crippen LogP) is 3.92. The number of carbonyl (C=O) groups is 1. The second kappa shape index (κ2) is 8.76. The lowest BCUT2D eigenvalue weighted by molar-refractivity contribution is -0.201. The van der Waals surface area contributed by atoms with Crippen molar-refractivity contribution in [3.63, 3.8) is 0 Å². The summed E-state index contributed by atoms with van der Waals surface area (Å²) in [7, 11) is 0. The Labute approximate surface area is 181 Å². The van der Waals surface area contributed by atoms with Crippen molar-refractivity contribution in [3.8, 4) is 16.9 Å². The monoisotopic (exact) mass is 477 g/mol. The van der Waals surface area contributed by atoms with Gasteiger partial charge in [-0.05, 0) is 24.3 Å². The Morgan fingerprint density at radius 2 is 1.90 bits per heavy atom. The zero-order chi connectivity index (χ0) is 22.1. The molecule has 2 aromatic heterocycles. The number of nitrogens with one attached hydrogen (secondary N) is 1. The molecular weight excluding hydrogens is 466 g/mol. The minimum atomic E-state index is -4.91. The van der Waals surface area contributed by atoms with Crippen LogP contribution >= 0.6 is 34.5 Å². The molecule has 1 unspecified atom stereocenters. The Kier molecular flexibility index (Phi) is 6.51. The second-order valence-electron chi connectivity index (χ2n) is 6.04. The minimum Gasteiger partial charge on any atom is -0.382 e. The summed E-state index contributed by atoms with van der Waals surface area (Å²) >= 11 is 12.9. The zero-order valence-corrected chi connectivity index (χ0v) is 17.1. The van der Waals surface area contributed by atoms with Gasteiger partial charge < -0.3 is 10.4 Å². The molecule has 2 heterocycles. The Balaban J connectivity index is 2.05. The summed E-state index contributed by atoms with van der Waals surface area (Å²) in [6, 6.07) is 8.99. The maximum atomic E-state index is 12.8. The van der Waals surface area contributed by atoms with Gasteiger partial charge in [0.15, 0.2) is 6.10 Å². The molecule has 1 atom stereocenters. The van der Waals surface area contributed by atoms with E-state index >= 15 is 0 Å². The average molecular weight is 478 g/mol. The standard InChI is InChI=1S/C18H12Cl2F3N3O3S/c19-10-3-1-9(2-4-10)13-6-12(16(28)24-7-14(27)18(21,22)23)17(29)26(25-13)11-5-15(20)30-8-11/h1-6,8,14,27H,7H2,(H,24,28). The van der Waals surface area contributed by atoms with Gasteiger partial charge in [-0.25, -0.2) is 0 Å². The molecule has 0 spiro atoms. The first-order valence-electron chi connectivity index (χ1n) is 8.24. The van der Waals surface area contributed by atoms with E-state index in [1.54, 1.807) is 24.3 Å². The molecule has 6 nitrogen and oxygen atoms in total. The average Bonchev–Trinajstić information content (AvgIpc) is 3.12. The van der Waals surface area contributed by atoms with Gasteiger partial charge in [0, 0.05) is 16.0 Å². The number of rotatable bonds is 5. The van der Waals surface area contributed by atoms with E-state index in [2.05, 4.69) is 5.10 Å². The van der Waals surface area contributed by atoms with E-state index in [4.69, 9.17) is 28.3 Å². The lowest BCUT2D eigenvalue weighted by atomic mass is 10.1. The first kappa shape index (κ1) is 22.3. The van der Waals surface area contributed by atoms with E-state index in [1.165, 1.54) is 11.4 Å². The van der Waals surface area contributed by atoms with Crippen molar-refractivity contribution >= 4 is 40.4 Å². The van der Waals surface area contributed by atoms with Gasteiger partial charge in [0.05, 0.1) is 22.3 Å². The number of nitrogens with zero attached hydrogens (tertiary/aromatic N) is 2. The van der Waals surface area contributed by atoms with Crippen LogP contribution in [0.3, 0.4) is 0 Å². The molecule has 0 fully saturated rings. The van der Waals surface area contributed by atoms with Crippen LogP contribution in [0, 0.1) is 0 Å². The molecule has 3 aromatic rings. The Morgan fingerprint density at radius 3 is 2.47 bits per heavy atom. The second-order valence-corrected chi connectivity index (χ2v) is 8.02. The molecule has 158 valence electrons. The Bertz CT molecular complexity index is 1130. The molecule has 0 saturated carbocycles. The van der Waals surface area contributed by atoms with Crippen LogP contribution in [-0.2, 0) is 0 Å². The van der Waals surface area contributed by atoms with E-state index < -0.39 is 35.9 Å². The van der Waals surface area contributed by atoms with Crippen molar-refractivity contribution in [3.05, 3.63) is 67.1 Å². The van der Waals surface area contributed by atoms with Gasteiger partial charge >= 0.3 is 6.18 Å². The number of aliphatic hydroxyl groups is 1. The summed E-state index contributed by atoms with van der Waals surface area (Å²) in [5, 5.41) is 17.2.